The molecule has 0 saturated heterocycles. The van der Waals surface area contributed by atoms with Crippen LogP contribution in [0.2, 0.25) is 0 Å². The number of carbonyl (C=O) groups excluding carboxylic acids is 1. The highest BCUT2D eigenvalue weighted by Gasteiger charge is 2.29. The van der Waals surface area contributed by atoms with Crippen LogP contribution in [0, 0.1) is 5.92 Å². The first-order valence-corrected chi connectivity index (χ1v) is 6.26. The highest BCUT2D eigenvalue weighted by molar-refractivity contribution is 5.98. The Hall–Kier alpha value is -2.04. The molecular weight excluding hydrogens is 246 g/mol. The SMILES string of the molecule is COc1ccccc1C(=O)N(CC(=O)O)CC1CC1. The van der Waals surface area contributed by atoms with Crippen LogP contribution in [-0.2, 0) is 4.79 Å². The lowest BCUT2D eigenvalue weighted by atomic mass is 10.1. The molecule has 0 atom stereocenters. The molecule has 2 rings (SSSR count). The van der Waals surface area contributed by atoms with Crippen molar-refractivity contribution in [1.29, 1.82) is 0 Å². The maximum atomic E-state index is 12.4. The first-order valence-electron chi connectivity index (χ1n) is 6.26. The smallest absolute Gasteiger partial charge is 0.323 e. The number of hydrogen-bond acceptors (Lipinski definition) is 3. The van der Waals surface area contributed by atoms with E-state index in [-0.39, 0.29) is 12.5 Å². The minimum Gasteiger partial charge on any atom is -0.496 e. The highest BCUT2D eigenvalue weighted by Crippen LogP contribution is 2.30. The largest absolute Gasteiger partial charge is 0.496 e. The van der Waals surface area contributed by atoms with E-state index >= 15 is 0 Å². The number of carboxylic acid groups (broad SMARTS) is 1. The molecule has 0 radical (unpaired) electrons. The van der Waals surface area contributed by atoms with Crippen molar-refractivity contribution in [3.05, 3.63) is 29.8 Å². The van der Waals surface area contributed by atoms with E-state index in [0.717, 1.165) is 12.8 Å². The molecule has 0 bridgehead atoms. The van der Waals surface area contributed by atoms with Crippen molar-refractivity contribution in [3.8, 4) is 5.75 Å². The molecule has 0 spiro atoms. The van der Waals surface area contributed by atoms with E-state index in [0.29, 0.717) is 23.8 Å². The van der Waals surface area contributed by atoms with Crippen LogP contribution in [-0.4, -0.2) is 42.1 Å². The fraction of sp³-hybridized carbons (Fsp3) is 0.429. The molecule has 1 aromatic carbocycles. The third-order valence-electron chi connectivity index (χ3n) is 3.13. The number of rotatable bonds is 6. The molecule has 0 unspecified atom stereocenters. The fourth-order valence-corrected chi connectivity index (χ4v) is 1.99. The third kappa shape index (κ3) is 3.47. The van der Waals surface area contributed by atoms with Gasteiger partial charge in [-0.1, -0.05) is 12.1 Å². The minimum atomic E-state index is -0.996. The molecule has 5 nitrogen and oxygen atoms in total. The van der Waals surface area contributed by atoms with E-state index in [4.69, 9.17) is 9.84 Å². The number of ether oxygens (including phenoxy) is 1. The molecular formula is C14H17NO4. The van der Waals surface area contributed by atoms with Crippen molar-refractivity contribution in [2.24, 2.45) is 5.92 Å². The Balaban J connectivity index is 2.19. The van der Waals surface area contributed by atoms with Gasteiger partial charge in [0.25, 0.3) is 5.91 Å². The molecule has 0 aromatic heterocycles. The maximum Gasteiger partial charge on any atom is 0.323 e. The summed E-state index contributed by atoms with van der Waals surface area (Å²) in [5.41, 5.74) is 0.409. The summed E-state index contributed by atoms with van der Waals surface area (Å²) in [5.74, 6) is -0.368. The number of hydrogen-bond donors (Lipinski definition) is 1. The van der Waals surface area contributed by atoms with E-state index in [1.165, 1.54) is 12.0 Å². The van der Waals surface area contributed by atoms with Crippen LogP contribution >= 0.6 is 0 Å². The number of carboxylic acids is 1. The summed E-state index contributed by atoms with van der Waals surface area (Å²) >= 11 is 0. The first kappa shape index (κ1) is 13.4. The molecule has 0 aliphatic heterocycles. The second kappa shape index (κ2) is 5.73. The summed E-state index contributed by atoms with van der Waals surface area (Å²) in [4.78, 5) is 24.7. The first-order chi connectivity index (χ1) is 9.11. The van der Waals surface area contributed by atoms with Crippen LogP contribution in [0.1, 0.15) is 23.2 Å². The van der Waals surface area contributed by atoms with Gasteiger partial charge in [-0.05, 0) is 30.9 Å². The zero-order valence-electron chi connectivity index (χ0n) is 10.8. The maximum absolute atomic E-state index is 12.4. The summed E-state index contributed by atoms with van der Waals surface area (Å²) in [6.07, 6.45) is 2.13. The average molecular weight is 263 g/mol. The summed E-state index contributed by atoms with van der Waals surface area (Å²) in [5, 5.41) is 8.91. The Morgan fingerprint density at radius 2 is 2.05 bits per heavy atom. The van der Waals surface area contributed by atoms with Gasteiger partial charge in [-0.3, -0.25) is 9.59 Å². The molecule has 1 N–H and O–H groups in total. The van der Waals surface area contributed by atoms with Crippen LogP contribution in [0.4, 0.5) is 0 Å². The Kier molecular flexibility index (Phi) is 4.04. The fourth-order valence-electron chi connectivity index (χ4n) is 1.99. The molecule has 1 aliphatic carbocycles. The quantitative estimate of drug-likeness (QED) is 0.847. The van der Waals surface area contributed by atoms with Crippen molar-refractivity contribution in [1.82, 2.24) is 4.90 Å². The number of amides is 1. The number of para-hydroxylation sites is 1. The van der Waals surface area contributed by atoms with Crippen LogP contribution in [0.15, 0.2) is 24.3 Å². The Morgan fingerprint density at radius 1 is 1.37 bits per heavy atom. The van der Waals surface area contributed by atoms with Gasteiger partial charge in [0.1, 0.15) is 12.3 Å². The van der Waals surface area contributed by atoms with Gasteiger partial charge in [0.15, 0.2) is 0 Å². The topological polar surface area (TPSA) is 66.8 Å². The Bertz CT molecular complexity index is 482. The molecule has 1 fully saturated rings. The van der Waals surface area contributed by atoms with E-state index in [1.807, 2.05) is 0 Å². The number of methoxy groups -OCH3 is 1. The van der Waals surface area contributed by atoms with Gasteiger partial charge in [0.2, 0.25) is 0 Å². The standard InChI is InChI=1S/C14H17NO4/c1-19-12-5-3-2-4-11(12)14(18)15(9-13(16)17)8-10-6-7-10/h2-5,10H,6-9H2,1H3,(H,16,17). The number of nitrogens with zero attached hydrogens (tertiary/aromatic N) is 1. The van der Waals surface area contributed by atoms with Crippen LogP contribution in [0.25, 0.3) is 0 Å². The lowest BCUT2D eigenvalue weighted by Crippen LogP contribution is -2.37. The van der Waals surface area contributed by atoms with Gasteiger partial charge < -0.3 is 14.7 Å². The van der Waals surface area contributed by atoms with Crippen molar-refractivity contribution in [3.63, 3.8) is 0 Å². The Morgan fingerprint density at radius 3 is 2.63 bits per heavy atom. The normalized spacial score (nSPS) is 13.9. The molecule has 19 heavy (non-hydrogen) atoms. The summed E-state index contributed by atoms with van der Waals surface area (Å²) in [7, 11) is 1.49. The lowest BCUT2D eigenvalue weighted by Gasteiger charge is -2.21. The number of carbonyl (C=O) groups is 2. The van der Waals surface area contributed by atoms with Crippen LogP contribution in [0.5, 0.6) is 5.75 Å². The molecule has 1 aromatic rings. The van der Waals surface area contributed by atoms with Crippen molar-refractivity contribution in [2.45, 2.75) is 12.8 Å². The predicted octanol–water partition coefficient (Wildman–Crippen LogP) is 1.63. The lowest BCUT2D eigenvalue weighted by molar-refractivity contribution is -0.137. The van der Waals surface area contributed by atoms with Gasteiger partial charge >= 0.3 is 5.97 Å². The molecule has 5 heteroatoms. The summed E-state index contributed by atoms with van der Waals surface area (Å²) in [6.45, 7) is 0.233. The predicted molar refractivity (Wildman–Crippen MR) is 69.3 cm³/mol. The van der Waals surface area contributed by atoms with E-state index in [2.05, 4.69) is 0 Å². The second-order valence-corrected chi connectivity index (χ2v) is 4.72. The van der Waals surface area contributed by atoms with Crippen molar-refractivity contribution < 1.29 is 19.4 Å². The second-order valence-electron chi connectivity index (χ2n) is 4.72. The van der Waals surface area contributed by atoms with Crippen LogP contribution < -0.4 is 4.74 Å². The van der Waals surface area contributed by atoms with Crippen LogP contribution in [0.3, 0.4) is 0 Å². The van der Waals surface area contributed by atoms with Gasteiger partial charge in [-0.15, -0.1) is 0 Å². The Labute approximate surface area is 111 Å². The third-order valence-corrected chi connectivity index (χ3v) is 3.13. The molecule has 1 amide bonds. The molecule has 102 valence electrons. The van der Waals surface area contributed by atoms with Gasteiger partial charge in [0.05, 0.1) is 12.7 Å². The molecule has 1 saturated carbocycles. The zero-order chi connectivity index (χ0) is 13.8. The molecule has 0 heterocycles. The minimum absolute atomic E-state index is 0.270. The monoisotopic (exact) mass is 263 g/mol. The zero-order valence-corrected chi connectivity index (χ0v) is 10.8. The highest BCUT2D eigenvalue weighted by atomic mass is 16.5. The number of benzene rings is 1. The van der Waals surface area contributed by atoms with E-state index in [1.54, 1.807) is 24.3 Å². The number of aliphatic carboxylic acids is 1. The van der Waals surface area contributed by atoms with Crippen molar-refractivity contribution >= 4 is 11.9 Å². The van der Waals surface area contributed by atoms with Gasteiger partial charge in [-0.25, -0.2) is 0 Å². The summed E-state index contributed by atoms with van der Waals surface area (Å²) < 4.78 is 5.15. The van der Waals surface area contributed by atoms with E-state index in [9.17, 15) is 9.59 Å². The molecule has 1 aliphatic rings. The van der Waals surface area contributed by atoms with Gasteiger partial charge in [-0.2, -0.15) is 0 Å². The average Bonchev–Trinajstić information content (AvgIpc) is 3.20. The van der Waals surface area contributed by atoms with E-state index < -0.39 is 5.97 Å². The summed E-state index contributed by atoms with van der Waals surface area (Å²) in [6, 6.07) is 6.87. The van der Waals surface area contributed by atoms with Crippen molar-refractivity contribution in [2.75, 3.05) is 20.2 Å². The van der Waals surface area contributed by atoms with Gasteiger partial charge in [0, 0.05) is 6.54 Å².